The first-order chi connectivity index (χ1) is 25.3. The first kappa shape index (κ1) is 29.4. The molecule has 0 amide bonds. The SMILES string of the molecule is c1ccc(-c2cccc(-c3nc(-c4ccc(-c5cccc6ccccc56)c5ccccc45)nc(-c4cccc5c4sc4ccccc45)n3)c2)cc1. The molecule has 0 spiro atoms. The molecule has 238 valence electrons. The molecule has 0 N–H and O–H groups in total. The van der Waals surface area contributed by atoms with E-state index in [-0.39, 0.29) is 0 Å². The van der Waals surface area contributed by atoms with Gasteiger partial charge in [-0.25, -0.2) is 15.0 Å². The lowest BCUT2D eigenvalue weighted by atomic mass is 9.92. The molecule has 0 saturated heterocycles. The zero-order chi connectivity index (χ0) is 33.7. The summed E-state index contributed by atoms with van der Waals surface area (Å²) in [6, 6.07) is 62.1. The number of benzene rings is 8. The van der Waals surface area contributed by atoms with E-state index in [4.69, 9.17) is 15.0 Å². The Morgan fingerprint density at radius 1 is 0.314 bits per heavy atom. The van der Waals surface area contributed by atoms with Crippen molar-refractivity contribution in [2.45, 2.75) is 0 Å². The molecular weight excluding hydrogens is 639 g/mol. The third-order valence-corrected chi connectivity index (χ3v) is 11.0. The Kier molecular flexibility index (Phi) is 7.00. The summed E-state index contributed by atoms with van der Waals surface area (Å²) in [5, 5.41) is 7.18. The van der Waals surface area contributed by atoms with Crippen molar-refractivity contribution in [2.75, 3.05) is 0 Å². The molecule has 10 aromatic rings. The third-order valence-electron chi connectivity index (χ3n) is 9.75. The highest BCUT2D eigenvalue weighted by Crippen LogP contribution is 2.41. The molecule has 0 bridgehead atoms. The zero-order valence-electron chi connectivity index (χ0n) is 27.5. The maximum Gasteiger partial charge on any atom is 0.165 e. The van der Waals surface area contributed by atoms with Crippen LogP contribution in [-0.4, -0.2) is 15.0 Å². The van der Waals surface area contributed by atoms with Gasteiger partial charge in [0.15, 0.2) is 17.5 Å². The minimum Gasteiger partial charge on any atom is -0.208 e. The molecule has 3 nitrogen and oxygen atoms in total. The van der Waals surface area contributed by atoms with E-state index < -0.39 is 0 Å². The zero-order valence-corrected chi connectivity index (χ0v) is 28.3. The van der Waals surface area contributed by atoms with Gasteiger partial charge in [0.05, 0.1) is 0 Å². The molecule has 0 aliphatic carbocycles. The van der Waals surface area contributed by atoms with Crippen molar-refractivity contribution >= 4 is 53.1 Å². The van der Waals surface area contributed by atoms with Crippen molar-refractivity contribution in [3.05, 3.63) is 176 Å². The van der Waals surface area contributed by atoms with Gasteiger partial charge in [0.25, 0.3) is 0 Å². The van der Waals surface area contributed by atoms with Crippen LogP contribution < -0.4 is 0 Å². The van der Waals surface area contributed by atoms with Gasteiger partial charge in [0, 0.05) is 36.9 Å². The molecule has 0 aliphatic rings. The van der Waals surface area contributed by atoms with E-state index in [1.54, 1.807) is 11.3 Å². The van der Waals surface area contributed by atoms with E-state index in [9.17, 15) is 0 Å². The van der Waals surface area contributed by atoms with Crippen LogP contribution in [0.2, 0.25) is 0 Å². The quantitative estimate of drug-likeness (QED) is 0.183. The first-order valence-electron chi connectivity index (χ1n) is 17.1. The van der Waals surface area contributed by atoms with Gasteiger partial charge in [0.1, 0.15) is 0 Å². The second-order valence-corrected chi connectivity index (χ2v) is 13.8. The smallest absolute Gasteiger partial charge is 0.165 e. The third kappa shape index (κ3) is 5.08. The monoisotopic (exact) mass is 667 g/mol. The van der Waals surface area contributed by atoms with E-state index in [1.165, 1.54) is 42.1 Å². The van der Waals surface area contributed by atoms with E-state index in [0.29, 0.717) is 17.5 Å². The van der Waals surface area contributed by atoms with E-state index in [2.05, 4.69) is 170 Å². The summed E-state index contributed by atoms with van der Waals surface area (Å²) in [6.07, 6.45) is 0. The maximum absolute atomic E-state index is 5.29. The first-order valence-corrected chi connectivity index (χ1v) is 17.9. The number of nitrogens with zero attached hydrogens (tertiary/aromatic N) is 3. The molecule has 0 saturated carbocycles. The summed E-state index contributed by atoms with van der Waals surface area (Å²) < 4.78 is 2.43. The van der Waals surface area contributed by atoms with Crippen LogP contribution in [-0.2, 0) is 0 Å². The predicted octanol–water partition coefficient (Wildman–Crippen LogP) is 12.9. The molecule has 2 heterocycles. The molecular formula is C47H29N3S. The molecule has 0 unspecified atom stereocenters. The Hall–Kier alpha value is -6.49. The lowest BCUT2D eigenvalue weighted by molar-refractivity contribution is 1.08. The van der Waals surface area contributed by atoms with Crippen LogP contribution in [0.3, 0.4) is 0 Å². The number of fused-ring (bicyclic) bond motifs is 5. The summed E-state index contributed by atoms with van der Waals surface area (Å²) in [7, 11) is 0. The van der Waals surface area contributed by atoms with Crippen LogP contribution in [0.1, 0.15) is 0 Å². The fraction of sp³-hybridized carbons (Fsp3) is 0. The standard InChI is InChI=1S/C47H29N3S/c1-2-13-30(14-3-1)32-17-10-18-33(29-32)45-48-46(50-47(49-45)42-25-12-24-40-39-22-8-9-26-43(39)51-44(40)42)41-28-27-38(36-20-6-7-21-37(36)41)35-23-11-16-31-15-4-5-19-34(31)35/h1-29H. The largest absolute Gasteiger partial charge is 0.208 e. The summed E-state index contributed by atoms with van der Waals surface area (Å²) in [6.45, 7) is 0. The fourth-order valence-electron chi connectivity index (χ4n) is 7.33. The summed E-state index contributed by atoms with van der Waals surface area (Å²) in [5.41, 5.74) is 7.60. The van der Waals surface area contributed by atoms with Crippen molar-refractivity contribution in [2.24, 2.45) is 0 Å². The van der Waals surface area contributed by atoms with Gasteiger partial charge in [-0.3, -0.25) is 0 Å². The average molecular weight is 668 g/mol. The van der Waals surface area contributed by atoms with Gasteiger partial charge < -0.3 is 0 Å². The number of aromatic nitrogens is 3. The van der Waals surface area contributed by atoms with Crippen molar-refractivity contribution < 1.29 is 0 Å². The van der Waals surface area contributed by atoms with Crippen LogP contribution in [0.5, 0.6) is 0 Å². The van der Waals surface area contributed by atoms with E-state index >= 15 is 0 Å². The Bertz CT molecular complexity index is 2920. The van der Waals surface area contributed by atoms with Crippen LogP contribution in [0, 0.1) is 0 Å². The van der Waals surface area contributed by atoms with Gasteiger partial charge in [-0.05, 0) is 68.1 Å². The van der Waals surface area contributed by atoms with E-state index in [1.807, 2.05) is 6.07 Å². The summed E-state index contributed by atoms with van der Waals surface area (Å²) in [4.78, 5) is 15.7. The van der Waals surface area contributed by atoms with Gasteiger partial charge in [-0.1, -0.05) is 152 Å². The Balaban J connectivity index is 1.22. The number of thiophene rings is 1. The average Bonchev–Trinajstić information content (AvgIpc) is 3.59. The van der Waals surface area contributed by atoms with Crippen LogP contribution in [0.15, 0.2) is 176 Å². The minimum absolute atomic E-state index is 0.646. The van der Waals surface area contributed by atoms with Crippen LogP contribution >= 0.6 is 11.3 Å². The van der Waals surface area contributed by atoms with Crippen molar-refractivity contribution in [1.82, 2.24) is 15.0 Å². The molecule has 8 aromatic carbocycles. The summed E-state index contributed by atoms with van der Waals surface area (Å²) in [5.74, 6) is 1.96. The summed E-state index contributed by atoms with van der Waals surface area (Å²) >= 11 is 1.79. The predicted molar refractivity (Wildman–Crippen MR) is 215 cm³/mol. The lowest BCUT2D eigenvalue weighted by Crippen LogP contribution is -2.01. The highest BCUT2D eigenvalue weighted by atomic mass is 32.1. The maximum atomic E-state index is 5.29. The molecule has 10 rings (SSSR count). The van der Waals surface area contributed by atoms with Crippen molar-refractivity contribution in [3.63, 3.8) is 0 Å². The molecule has 2 aromatic heterocycles. The van der Waals surface area contributed by atoms with Gasteiger partial charge in [-0.15, -0.1) is 11.3 Å². The van der Waals surface area contributed by atoms with Gasteiger partial charge >= 0.3 is 0 Å². The van der Waals surface area contributed by atoms with Crippen LogP contribution in [0.4, 0.5) is 0 Å². The number of hydrogen-bond acceptors (Lipinski definition) is 4. The number of hydrogen-bond donors (Lipinski definition) is 0. The Morgan fingerprint density at radius 2 is 0.843 bits per heavy atom. The minimum atomic E-state index is 0.646. The van der Waals surface area contributed by atoms with Crippen molar-refractivity contribution in [1.29, 1.82) is 0 Å². The molecule has 0 atom stereocenters. The molecule has 4 heteroatoms. The second-order valence-electron chi connectivity index (χ2n) is 12.8. The lowest BCUT2D eigenvalue weighted by Gasteiger charge is -2.14. The highest BCUT2D eigenvalue weighted by Gasteiger charge is 2.19. The van der Waals surface area contributed by atoms with Gasteiger partial charge in [-0.2, -0.15) is 0 Å². The molecule has 0 aliphatic heterocycles. The van der Waals surface area contributed by atoms with Gasteiger partial charge in [0.2, 0.25) is 0 Å². The number of rotatable bonds is 5. The topological polar surface area (TPSA) is 38.7 Å². The molecule has 0 radical (unpaired) electrons. The Labute approximate surface area is 299 Å². The molecule has 51 heavy (non-hydrogen) atoms. The Morgan fingerprint density at radius 3 is 1.71 bits per heavy atom. The van der Waals surface area contributed by atoms with Crippen LogP contribution in [0.25, 0.3) is 98.1 Å². The fourth-order valence-corrected chi connectivity index (χ4v) is 8.54. The normalized spacial score (nSPS) is 11.5. The van der Waals surface area contributed by atoms with Crippen molar-refractivity contribution in [3.8, 4) is 56.4 Å². The van der Waals surface area contributed by atoms with E-state index in [0.717, 1.165) is 38.6 Å². The second kappa shape index (κ2) is 12.1. The molecule has 0 fully saturated rings. The highest BCUT2D eigenvalue weighted by molar-refractivity contribution is 7.26.